The first-order chi connectivity index (χ1) is 13.8. The number of carbonyl (C=O) groups is 2. The number of rotatable bonds is 7. The second-order valence-corrected chi connectivity index (χ2v) is 7.89. The number of thiophene rings is 1. The predicted molar refractivity (Wildman–Crippen MR) is 110 cm³/mol. The molecule has 0 aromatic carbocycles. The van der Waals surface area contributed by atoms with Crippen molar-refractivity contribution >= 4 is 39.2 Å². The number of esters is 1. The fourth-order valence-corrected chi connectivity index (χ4v) is 3.98. The van der Waals surface area contributed by atoms with Crippen LogP contribution in [-0.2, 0) is 29.5 Å². The normalized spacial score (nSPS) is 11.2. The fourth-order valence-electron chi connectivity index (χ4n) is 3.00. The second kappa shape index (κ2) is 8.56. The predicted octanol–water partition coefficient (Wildman–Crippen LogP) is 2.21. The molecule has 0 aliphatic rings. The van der Waals surface area contributed by atoms with Gasteiger partial charge in [0.25, 0.3) is 5.56 Å². The Balaban J connectivity index is 1.83. The fraction of sp³-hybridized carbons (Fsp3) is 0.421. The third-order valence-corrected chi connectivity index (χ3v) is 5.20. The largest absolute Gasteiger partial charge is 0.462 e. The summed E-state index contributed by atoms with van der Waals surface area (Å²) in [5, 5.41) is 9.37. The van der Waals surface area contributed by atoms with Gasteiger partial charge in [0.15, 0.2) is 5.65 Å². The van der Waals surface area contributed by atoms with Crippen molar-refractivity contribution in [1.82, 2.24) is 19.3 Å². The first kappa shape index (κ1) is 20.7. The van der Waals surface area contributed by atoms with Gasteiger partial charge in [0.05, 0.1) is 18.4 Å². The quantitative estimate of drug-likeness (QED) is 0.591. The van der Waals surface area contributed by atoms with E-state index >= 15 is 0 Å². The standard InChI is InChI=1S/C19H23N5O4S/c1-5-28-19(27)15-12(6-11(2)3)9-29-17(15)22-14(25)8-24-10-20-16-13(18(24)26)7-21-23(16)4/h7,9-11H,5-6,8H2,1-4H3,(H,22,25). The van der Waals surface area contributed by atoms with Gasteiger partial charge in [-0.05, 0) is 30.2 Å². The molecule has 1 N–H and O–H groups in total. The van der Waals surface area contributed by atoms with E-state index in [9.17, 15) is 14.4 Å². The highest BCUT2D eigenvalue weighted by atomic mass is 32.1. The molecule has 0 saturated heterocycles. The summed E-state index contributed by atoms with van der Waals surface area (Å²) in [6.07, 6.45) is 3.44. The van der Waals surface area contributed by atoms with E-state index in [0.29, 0.717) is 33.9 Å². The smallest absolute Gasteiger partial charge is 0.341 e. The molecule has 3 heterocycles. The third-order valence-electron chi connectivity index (χ3n) is 4.26. The number of nitrogens with one attached hydrogen (secondary N) is 1. The molecule has 0 aliphatic heterocycles. The Bertz CT molecular complexity index is 1110. The van der Waals surface area contributed by atoms with Crippen LogP contribution in [0.1, 0.15) is 36.7 Å². The molecule has 0 spiro atoms. The first-order valence-corrected chi connectivity index (χ1v) is 10.1. The summed E-state index contributed by atoms with van der Waals surface area (Å²) in [4.78, 5) is 41.7. The lowest BCUT2D eigenvalue weighted by atomic mass is 10.0. The van der Waals surface area contributed by atoms with Gasteiger partial charge in [0, 0.05) is 7.05 Å². The molecular formula is C19H23N5O4S. The van der Waals surface area contributed by atoms with E-state index in [1.54, 1.807) is 14.0 Å². The zero-order valence-electron chi connectivity index (χ0n) is 16.8. The maximum atomic E-state index is 12.6. The summed E-state index contributed by atoms with van der Waals surface area (Å²) >= 11 is 1.27. The van der Waals surface area contributed by atoms with Crippen molar-refractivity contribution in [3.8, 4) is 0 Å². The van der Waals surface area contributed by atoms with Crippen molar-refractivity contribution in [1.29, 1.82) is 0 Å². The molecule has 3 aromatic rings. The van der Waals surface area contributed by atoms with Gasteiger partial charge in [-0.2, -0.15) is 5.10 Å². The Kier molecular flexibility index (Phi) is 6.12. The minimum absolute atomic E-state index is 0.226. The molecule has 10 heteroatoms. The molecule has 0 saturated carbocycles. The molecule has 154 valence electrons. The third kappa shape index (κ3) is 4.37. The van der Waals surface area contributed by atoms with Crippen molar-refractivity contribution in [2.24, 2.45) is 13.0 Å². The molecule has 29 heavy (non-hydrogen) atoms. The Morgan fingerprint density at radius 2 is 2.10 bits per heavy atom. The summed E-state index contributed by atoms with van der Waals surface area (Å²) in [5.74, 6) is -0.548. The first-order valence-electron chi connectivity index (χ1n) is 9.26. The van der Waals surface area contributed by atoms with Crippen LogP contribution < -0.4 is 10.9 Å². The molecule has 0 aliphatic carbocycles. The Morgan fingerprint density at radius 3 is 2.79 bits per heavy atom. The van der Waals surface area contributed by atoms with Crippen LogP contribution in [0.4, 0.5) is 5.00 Å². The number of amides is 1. The molecule has 1 amide bonds. The molecule has 0 fully saturated rings. The molecule has 0 bridgehead atoms. The Hall–Kier alpha value is -3.01. The van der Waals surface area contributed by atoms with E-state index in [0.717, 1.165) is 5.56 Å². The van der Waals surface area contributed by atoms with Crippen LogP contribution in [-0.4, -0.2) is 37.8 Å². The SMILES string of the molecule is CCOC(=O)c1c(CC(C)C)csc1NC(=O)Cn1cnc2c(cnn2C)c1=O. The van der Waals surface area contributed by atoms with Crippen molar-refractivity contribution in [3.05, 3.63) is 39.4 Å². The average molecular weight is 417 g/mol. The van der Waals surface area contributed by atoms with Crippen molar-refractivity contribution in [2.75, 3.05) is 11.9 Å². The van der Waals surface area contributed by atoms with Crippen LogP contribution in [0.25, 0.3) is 11.0 Å². The monoisotopic (exact) mass is 417 g/mol. The zero-order valence-corrected chi connectivity index (χ0v) is 17.6. The number of hydrogen-bond acceptors (Lipinski definition) is 7. The van der Waals surface area contributed by atoms with Crippen molar-refractivity contribution in [3.63, 3.8) is 0 Å². The van der Waals surface area contributed by atoms with Gasteiger partial charge >= 0.3 is 5.97 Å². The van der Waals surface area contributed by atoms with E-state index in [-0.39, 0.29) is 18.7 Å². The van der Waals surface area contributed by atoms with Crippen LogP contribution in [0.5, 0.6) is 0 Å². The highest BCUT2D eigenvalue weighted by Crippen LogP contribution is 2.31. The lowest BCUT2D eigenvalue weighted by molar-refractivity contribution is -0.116. The maximum Gasteiger partial charge on any atom is 0.341 e. The average Bonchev–Trinajstić information content (AvgIpc) is 3.21. The summed E-state index contributed by atoms with van der Waals surface area (Å²) in [6.45, 7) is 5.86. The number of aryl methyl sites for hydroxylation is 1. The number of ether oxygens (including phenoxy) is 1. The summed E-state index contributed by atoms with van der Waals surface area (Å²) in [6, 6.07) is 0. The molecule has 3 aromatic heterocycles. The molecule has 0 atom stereocenters. The lowest BCUT2D eigenvalue weighted by Gasteiger charge is -2.10. The van der Waals surface area contributed by atoms with Crippen LogP contribution in [0.3, 0.4) is 0 Å². The summed E-state index contributed by atoms with van der Waals surface area (Å²) in [5.41, 5.74) is 1.32. The van der Waals surface area contributed by atoms with Gasteiger partial charge in [0.1, 0.15) is 23.3 Å². The van der Waals surface area contributed by atoms with E-state index < -0.39 is 11.9 Å². The van der Waals surface area contributed by atoms with Crippen LogP contribution in [0, 0.1) is 5.92 Å². The number of aromatic nitrogens is 4. The van der Waals surface area contributed by atoms with Gasteiger partial charge in [-0.15, -0.1) is 11.3 Å². The highest BCUT2D eigenvalue weighted by molar-refractivity contribution is 7.15. The van der Waals surface area contributed by atoms with Crippen molar-refractivity contribution < 1.29 is 14.3 Å². The summed E-state index contributed by atoms with van der Waals surface area (Å²) in [7, 11) is 1.69. The summed E-state index contributed by atoms with van der Waals surface area (Å²) < 4.78 is 7.87. The number of nitrogens with zero attached hydrogens (tertiary/aromatic N) is 4. The van der Waals surface area contributed by atoms with E-state index in [2.05, 4.69) is 29.2 Å². The zero-order chi connectivity index (χ0) is 21.1. The van der Waals surface area contributed by atoms with E-state index in [1.165, 1.54) is 33.1 Å². The topological polar surface area (TPSA) is 108 Å². The van der Waals surface area contributed by atoms with Gasteiger partial charge in [-0.3, -0.25) is 18.8 Å². The molecular weight excluding hydrogens is 394 g/mol. The Morgan fingerprint density at radius 1 is 1.34 bits per heavy atom. The van der Waals surface area contributed by atoms with Gasteiger partial charge in [0.2, 0.25) is 5.91 Å². The minimum atomic E-state index is -0.463. The highest BCUT2D eigenvalue weighted by Gasteiger charge is 2.22. The molecule has 3 rings (SSSR count). The van der Waals surface area contributed by atoms with Crippen LogP contribution >= 0.6 is 11.3 Å². The van der Waals surface area contributed by atoms with Gasteiger partial charge in [-0.25, -0.2) is 9.78 Å². The van der Waals surface area contributed by atoms with Crippen LogP contribution in [0.2, 0.25) is 0 Å². The molecule has 0 unspecified atom stereocenters. The number of hydrogen-bond donors (Lipinski definition) is 1. The minimum Gasteiger partial charge on any atom is -0.462 e. The Labute approximate surface area is 171 Å². The molecule has 0 radical (unpaired) electrons. The lowest BCUT2D eigenvalue weighted by Crippen LogP contribution is -2.28. The number of fused-ring (bicyclic) bond motifs is 1. The van der Waals surface area contributed by atoms with Crippen molar-refractivity contribution in [2.45, 2.75) is 33.7 Å². The van der Waals surface area contributed by atoms with Crippen LogP contribution in [0.15, 0.2) is 22.7 Å². The van der Waals surface area contributed by atoms with Gasteiger partial charge in [-0.1, -0.05) is 13.8 Å². The second-order valence-electron chi connectivity index (χ2n) is 7.01. The number of carbonyl (C=O) groups excluding carboxylic acids is 2. The van der Waals surface area contributed by atoms with Gasteiger partial charge < -0.3 is 10.1 Å². The molecule has 9 nitrogen and oxygen atoms in total. The van der Waals surface area contributed by atoms with E-state index in [4.69, 9.17) is 4.74 Å². The number of anilines is 1. The van der Waals surface area contributed by atoms with E-state index in [1.807, 2.05) is 5.38 Å². The maximum absolute atomic E-state index is 12.6.